The van der Waals surface area contributed by atoms with E-state index < -0.39 is 17.2 Å². The number of carbonyl (C=O) groups excluding carboxylic acids is 2. The van der Waals surface area contributed by atoms with Crippen LogP contribution in [0.2, 0.25) is 0 Å². The highest BCUT2D eigenvalue weighted by molar-refractivity contribution is 5.84. The number of hydrogen-bond acceptors (Lipinski definition) is 3. The number of rotatable bonds is 5. The lowest BCUT2D eigenvalue weighted by molar-refractivity contribution is -0.124. The monoisotopic (exact) mass is 338 g/mol. The molecule has 0 bridgehead atoms. The molecule has 0 aromatic carbocycles. The standard InChI is InChI=1S/C19H34N2O3/c1-12(2)10-13-14(19(13,8)9)15(22)21-18(6,7)11-20-16(23)24-17(3,4)5/h10,13-14H,11H2,1-9H3,(H,20,23)(H,21,22). The first kappa shape index (κ1) is 20.5. The summed E-state index contributed by atoms with van der Waals surface area (Å²) in [6.45, 7) is 17.9. The molecule has 2 N–H and O–H groups in total. The van der Waals surface area contributed by atoms with Crippen molar-refractivity contribution in [3.63, 3.8) is 0 Å². The van der Waals surface area contributed by atoms with Gasteiger partial charge in [-0.1, -0.05) is 25.5 Å². The summed E-state index contributed by atoms with van der Waals surface area (Å²) in [4.78, 5) is 24.4. The molecule has 24 heavy (non-hydrogen) atoms. The van der Waals surface area contributed by atoms with E-state index in [0.717, 1.165) is 0 Å². The van der Waals surface area contributed by atoms with Gasteiger partial charge in [0, 0.05) is 6.54 Å². The summed E-state index contributed by atoms with van der Waals surface area (Å²) in [7, 11) is 0. The molecule has 2 atom stereocenters. The van der Waals surface area contributed by atoms with Crippen molar-refractivity contribution in [1.82, 2.24) is 10.6 Å². The first-order valence-corrected chi connectivity index (χ1v) is 8.59. The Kier molecular flexibility index (Phi) is 5.79. The minimum atomic E-state index is -0.540. The molecule has 138 valence electrons. The van der Waals surface area contributed by atoms with Crippen LogP contribution in [-0.4, -0.2) is 29.7 Å². The fourth-order valence-electron chi connectivity index (χ4n) is 2.91. The summed E-state index contributed by atoms with van der Waals surface area (Å²) in [5, 5.41) is 5.78. The average molecular weight is 338 g/mol. The van der Waals surface area contributed by atoms with Gasteiger partial charge in [0.1, 0.15) is 5.60 Å². The van der Waals surface area contributed by atoms with Gasteiger partial charge >= 0.3 is 6.09 Å². The van der Waals surface area contributed by atoms with Crippen molar-refractivity contribution in [3.8, 4) is 0 Å². The highest BCUT2D eigenvalue weighted by Crippen LogP contribution is 2.59. The largest absolute Gasteiger partial charge is 0.444 e. The Bertz CT molecular complexity index is 523. The number of hydrogen-bond donors (Lipinski definition) is 2. The third-order valence-electron chi connectivity index (χ3n) is 4.24. The average Bonchev–Trinajstić information content (AvgIpc) is 2.85. The molecule has 1 aliphatic rings. The van der Waals surface area contributed by atoms with Gasteiger partial charge in [-0.15, -0.1) is 0 Å². The number of carbonyl (C=O) groups is 2. The summed E-state index contributed by atoms with van der Waals surface area (Å²) in [6.07, 6.45) is 1.70. The number of ether oxygens (including phenoxy) is 1. The van der Waals surface area contributed by atoms with Crippen molar-refractivity contribution < 1.29 is 14.3 Å². The van der Waals surface area contributed by atoms with Crippen molar-refractivity contribution in [3.05, 3.63) is 11.6 Å². The molecular formula is C19H34N2O3. The quantitative estimate of drug-likeness (QED) is 0.752. The van der Waals surface area contributed by atoms with Gasteiger partial charge in [-0.3, -0.25) is 4.79 Å². The Hall–Kier alpha value is -1.52. The molecule has 1 rings (SSSR count). The fourth-order valence-corrected chi connectivity index (χ4v) is 2.91. The van der Waals surface area contributed by atoms with Gasteiger partial charge in [0.15, 0.2) is 0 Å². The lowest BCUT2D eigenvalue weighted by Gasteiger charge is -2.28. The van der Waals surface area contributed by atoms with Gasteiger partial charge in [-0.2, -0.15) is 0 Å². The summed E-state index contributed by atoms with van der Waals surface area (Å²) < 4.78 is 5.22. The van der Waals surface area contributed by atoms with E-state index in [9.17, 15) is 9.59 Å². The fraction of sp³-hybridized carbons (Fsp3) is 0.789. The molecule has 0 aromatic rings. The van der Waals surface area contributed by atoms with E-state index in [-0.39, 0.29) is 23.2 Å². The summed E-state index contributed by atoms with van der Waals surface area (Å²) in [5.41, 5.74) is 0.139. The van der Waals surface area contributed by atoms with Crippen molar-refractivity contribution in [2.45, 2.75) is 73.5 Å². The molecule has 1 fully saturated rings. The molecule has 1 saturated carbocycles. The van der Waals surface area contributed by atoms with Crippen molar-refractivity contribution in [2.24, 2.45) is 17.3 Å². The molecule has 1 aliphatic carbocycles. The van der Waals surface area contributed by atoms with Gasteiger partial charge in [0.2, 0.25) is 5.91 Å². The zero-order valence-electron chi connectivity index (χ0n) is 16.7. The summed E-state index contributed by atoms with van der Waals surface area (Å²) in [5.74, 6) is 0.295. The van der Waals surface area contributed by atoms with Crippen molar-refractivity contribution in [2.75, 3.05) is 6.54 Å². The third-order valence-corrected chi connectivity index (χ3v) is 4.24. The molecule has 5 nitrogen and oxygen atoms in total. The molecule has 0 saturated heterocycles. The van der Waals surface area contributed by atoms with Crippen LogP contribution < -0.4 is 10.6 Å². The Balaban J connectivity index is 2.57. The van der Waals surface area contributed by atoms with Crippen molar-refractivity contribution >= 4 is 12.0 Å². The SMILES string of the molecule is CC(C)=CC1C(C(=O)NC(C)(C)CNC(=O)OC(C)(C)C)C1(C)C. The summed E-state index contributed by atoms with van der Waals surface area (Å²) in [6, 6.07) is 0. The Morgan fingerprint density at radius 2 is 1.67 bits per heavy atom. The van der Waals surface area contributed by atoms with E-state index in [2.05, 4.69) is 44.4 Å². The Morgan fingerprint density at radius 1 is 1.12 bits per heavy atom. The maximum absolute atomic E-state index is 12.6. The third kappa shape index (κ3) is 5.84. The van der Waals surface area contributed by atoms with Crippen LogP contribution in [0, 0.1) is 17.3 Å². The van der Waals surface area contributed by atoms with Crippen molar-refractivity contribution in [1.29, 1.82) is 0 Å². The molecule has 0 radical (unpaired) electrons. The van der Waals surface area contributed by atoms with E-state index in [4.69, 9.17) is 4.74 Å². The Labute approximate surface area is 146 Å². The zero-order valence-corrected chi connectivity index (χ0v) is 16.7. The Morgan fingerprint density at radius 3 is 2.12 bits per heavy atom. The van der Waals surface area contributed by atoms with Crippen LogP contribution in [0.25, 0.3) is 0 Å². The zero-order chi connectivity index (χ0) is 18.9. The van der Waals surface area contributed by atoms with Gasteiger partial charge in [0.25, 0.3) is 0 Å². The number of allylic oxidation sites excluding steroid dienone is 2. The second-order valence-corrected chi connectivity index (χ2v) is 9.30. The van der Waals surface area contributed by atoms with Crippen LogP contribution in [0.3, 0.4) is 0 Å². The molecule has 2 amide bonds. The first-order chi connectivity index (χ1) is 10.7. The number of nitrogens with one attached hydrogen (secondary N) is 2. The maximum atomic E-state index is 12.6. The highest BCUT2D eigenvalue weighted by Gasteiger charge is 2.60. The second-order valence-electron chi connectivity index (χ2n) is 9.30. The van der Waals surface area contributed by atoms with Crippen LogP contribution in [0.5, 0.6) is 0 Å². The van der Waals surface area contributed by atoms with E-state index in [1.165, 1.54) is 5.57 Å². The predicted molar refractivity (Wildman–Crippen MR) is 96.7 cm³/mol. The van der Waals surface area contributed by atoms with E-state index >= 15 is 0 Å². The van der Waals surface area contributed by atoms with Crippen LogP contribution in [0.15, 0.2) is 11.6 Å². The molecule has 5 heteroatoms. The van der Waals surface area contributed by atoms with Gasteiger partial charge in [0.05, 0.1) is 11.5 Å². The van der Waals surface area contributed by atoms with Crippen LogP contribution in [-0.2, 0) is 9.53 Å². The molecule has 0 aliphatic heterocycles. The van der Waals surface area contributed by atoms with E-state index in [1.807, 2.05) is 34.6 Å². The molecular weight excluding hydrogens is 304 g/mol. The number of alkyl carbamates (subject to hydrolysis) is 1. The van der Waals surface area contributed by atoms with Crippen LogP contribution >= 0.6 is 0 Å². The smallest absolute Gasteiger partial charge is 0.407 e. The normalized spacial score (nSPS) is 22.4. The van der Waals surface area contributed by atoms with Gasteiger partial charge in [-0.25, -0.2) is 4.79 Å². The minimum absolute atomic E-state index is 0.0178. The van der Waals surface area contributed by atoms with Crippen LogP contribution in [0.4, 0.5) is 4.79 Å². The second kappa shape index (κ2) is 6.77. The van der Waals surface area contributed by atoms with E-state index in [0.29, 0.717) is 6.54 Å². The lowest BCUT2D eigenvalue weighted by Crippen LogP contribution is -2.52. The van der Waals surface area contributed by atoms with Gasteiger partial charge < -0.3 is 15.4 Å². The minimum Gasteiger partial charge on any atom is -0.444 e. The van der Waals surface area contributed by atoms with Crippen LogP contribution in [0.1, 0.15) is 62.3 Å². The predicted octanol–water partition coefficient (Wildman–Crippen LogP) is 3.64. The summed E-state index contributed by atoms with van der Waals surface area (Å²) >= 11 is 0. The molecule has 0 spiro atoms. The number of amides is 2. The maximum Gasteiger partial charge on any atom is 0.407 e. The highest BCUT2D eigenvalue weighted by atomic mass is 16.6. The van der Waals surface area contributed by atoms with Gasteiger partial charge in [-0.05, 0) is 59.8 Å². The lowest BCUT2D eigenvalue weighted by atomic mass is 10.0. The molecule has 0 aromatic heterocycles. The van der Waals surface area contributed by atoms with E-state index in [1.54, 1.807) is 0 Å². The topological polar surface area (TPSA) is 67.4 Å². The first-order valence-electron chi connectivity index (χ1n) is 8.59. The molecule has 2 unspecified atom stereocenters. The molecule has 0 heterocycles.